The van der Waals surface area contributed by atoms with Crippen molar-refractivity contribution >= 4 is 11.4 Å². The van der Waals surface area contributed by atoms with Crippen LogP contribution >= 0.6 is 0 Å². The number of nitrogen functional groups attached to an aromatic ring is 2. The van der Waals surface area contributed by atoms with E-state index in [4.69, 9.17) is 20.9 Å². The average molecular weight is 623 g/mol. The molecule has 4 rings (SSSR count). The molecule has 4 aromatic rings. The van der Waals surface area contributed by atoms with Crippen molar-refractivity contribution in [2.24, 2.45) is 0 Å². The lowest BCUT2D eigenvalue weighted by atomic mass is 10.1. The average Bonchev–Trinajstić information content (AvgIpc) is 3.07. The van der Waals surface area contributed by atoms with Gasteiger partial charge in [0.2, 0.25) is 0 Å². The van der Waals surface area contributed by atoms with Crippen LogP contribution in [0.3, 0.4) is 0 Å². The Kier molecular flexibility index (Phi) is 14.8. The van der Waals surface area contributed by atoms with Crippen LogP contribution in [0.4, 0.5) is 11.4 Å². The Labute approximate surface area is 277 Å². The number of ether oxygens (including phenoxy) is 2. The van der Waals surface area contributed by atoms with Crippen LogP contribution in [0.25, 0.3) is 0 Å². The molecule has 0 fully saturated rings. The van der Waals surface area contributed by atoms with E-state index in [9.17, 15) is 0 Å². The number of hydrogen-bond acceptors (Lipinski definition) is 6. The maximum Gasteiger partial charge on any atom is 0.127 e. The van der Waals surface area contributed by atoms with Gasteiger partial charge >= 0.3 is 0 Å². The smallest absolute Gasteiger partial charge is 0.127 e. The van der Waals surface area contributed by atoms with Gasteiger partial charge in [-0.05, 0) is 136 Å². The molecule has 0 aliphatic carbocycles. The number of nitrogens with two attached hydrogens (primary N) is 2. The van der Waals surface area contributed by atoms with Crippen LogP contribution in [-0.4, -0.2) is 36.0 Å². The minimum Gasteiger partial charge on any atom is -0.457 e. The van der Waals surface area contributed by atoms with Crippen LogP contribution in [0.2, 0.25) is 0 Å². The van der Waals surface area contributed by atoms with Gasteiger partial charge in [0, 0.05) is 24.5 Å². The fraction of sp³-hybridized carbons (Fsp3) is 0.400. The standard InChI is InChI=1S/C40H54N4O2/c1-3-5-27-43(31-33-11-19-37(20-12-33)45-39-23-15-35(41)16-24-39)29-9-7-8-10-30-44(28-6-4-2)32-34-13-21-38(22-14-34)46-40-25-17-36(42)18-26-40/h11-26H,3-10,27-32,41-42H2,1-2H3. The molecule has 0 aromatic heterocycles. The summed E-state index contributed by atoms with van der Waals surface area (Å²) >= 11 is 0. The van der Waals surface area contributed by atoms with E-state index in [1.807, 2.05) is 48.5 Å². The minimum atomic E-state index is 0.740. The summed E-state index contributed by atoms with van der Waals surface area (Å²) in [7, 11) is 0. The van der Waals surface area contributed by atoms with E-state index in [1.54, 1.807) is 0 Å². The van der Waals surface area contributed by atoms with Crippen molar-refractivity contribution in [3.63, 3.8) is 0 Å². The molecule has 0 saturated carbocycles. The predicted molar refractivity (Wildman–Crippen MR) is 194 cm³/mol. The number of rotatable bonds is 21. The van der Waals surface area contributed by atoms with Crippen LogP contribution in [0.5, 0.6) is 23.0 Å². The summed E-state index contributed by atoms with van der Waals surface area (Å²) in [4.78, 5) is 5.24. The first-order valence-corrected chi connectivity index (χ1v) is 17.2. The lowest BCUT2D eigenvalue weighted by Gasteiger charge is -2.23. The predicted octanol–water partition coefficient (Wildman–Crippen LogP) is 9.90. The Bertz CT molecular complexity index is 1260. The molecule has 0 amide bonds. The van der Waals surface area contributed by atoms with Gasteiger partial charge in [-0.1, -0.05) is 63.8 Å². The molecule has 4 N–H and O–H groups in total. The lowest BCUT2D eigenvalue weighted by molar-refractivity contribution is 0.244. The molecule has 246 valence electrons. The molecule has 0 bridgehead atoms. The Hall–Kier alpha value is -4.00. The minimum absolute atomic E-state index is 0.740. The van der Waals surface area contributed by atoms with Crippen molar-refractivity contribution in [2.75, 3.05) is 37.6 Å². The first-order chi connectivity index (χ1) is 22.5. The van der Waals surface area contributed by atoms with Gasteiger partial charge in [0.25, 0.3) is 0 Å². The Balaban J connectivity index is 1.17. The molecule has 6 heteroatoms. The van der Waals surface area contributed by atoms with Gasteiger partial charge in [0.05, 0.1) is 0 Å². The summed E-state index contributed by atoms with van der Waals surface area (Å²) < 4.78 is 12.0. The van der Waals surface area contributed by atoms with Gasteiger partial charge < -0.3 is 20.9 Å². The summed E-state index contributed by atoms with van der Waals surface area (Å²) in [5.74, 6) is 3.30. The quantitative estimate of drug-likeness (QED) is 0.0711. The summed E-state index contributed by atoms with van der Waals surface area (Å²) in [6.45, 7) is 11.1. The van der Waals surface area contributed by atoms with E-state index < -0.39 is 0 Å². The first kappa shape index (κ1) is 34.9. The molecule has 0 unspecified atom stereocenters. The molecule has 4 aromatic carbocycles. The second kappa shape index (κ2) is 19.5. The third-order valence-electron chi connectivity index (χ3n) is 8.25. The Morgan fingerprint density at radius 1 is 0.413 bits per heavy atom. The molecule has 0 saturated heterocycles. The fourth-order valence-electron chi connectivity index (χ4n) is 5.51. The fourth-order valence-corrected chi connectivity index (χ4v) is 5.51. The van der Waals surface area contributed by atoms with Crippen LogP contribution in [0, 0.1) is 0 Å². The molecule has 46 heavy (non-hydrogen) atoms. The SMILES string of the molecule is CCCCN(CCCCCCN(CCCC)Cc1ccc(Oc2ccc(N)cc2)cc1)Cc1ccc(Oc2ccc(N)cc2)cc1. The lowest BCUT2D eigenvalue weighted by Crippen LogP contribution is -2.26. The summed E-state index contributed by atoms with van der Waals surface area (Å²) in [5, 5.41) is 0. The maximum atomic E-state index is 5.98. The highest BCUT2D eigenvalue weighted by molar-refractivity contribution is 5.44. The van der Waals surface area contributed by atoms with Gasteiger partial charge in [-0.25, -0.2) is 0 Å². The molecule has 0 aliphatic rings. The van der Waals surface area contributed by atoms with E-state index in [0.29, 0.717) is 0 Å². The van der Waals surface area contributed by atoms with E-state index in [1.165, 1.54) is 62.5 Å². The van der Waals surface area contributed by atoms with Gasteiger partial charge in [0.1, 0.15) is 23.0 Å². The van der Waals surface area contributed by atoms with Crippen LogP contribution < -0.4 is 20.9 Å². The Morgan fingerprint density at radius 3 is 1.04 bits per heavy atom. The Morgan fingerprint density at radius 2 is 0.717 bits per heavy atom. The zero-order valence-corrected chi connectivity index (χ0v) is 28.0. The third-order valence-corrected chi connectivity index (χ3v) is 8.25. The van der Waals surface area contributed by atoms with Gasteiger partial charge in [0.15, 0.2) is 0 Å². The second-order valence-electron chi connectivity index (χ2n) is 12.3. The van der Waals surface area contributed by atoms with Crippen molar-refractivity contribution in [3.05, 3.63) is 108 Å². The molecular formula is C40H54N4O2. The molecule has 0 radical (unpaired) electrons. The van der Waals surface area contributed by atoms with Gasteiger partial charge in [-0.2, -0.15) is 0 Å². The monoisotopic (exact) mass is 622 g/mol. The molecule has 0 atom stereocenters. The summed E-state index contributed by atoms with van der Waals surface area (Å²) in [6.07, 6.45) is 9.94. The van der Waals surface area contributed by atoms with Gasteiger partial charge in [-0.3, -0.25) is 9.80 Å². The van der Waals surface area contributed by atoms with Crippen LogP contribution in [-0.2, 0) is 13.1 Å². The summed E-state index contributed by atoms with van der Waals surface area (Å²) in [6, 6.07) is 32.1. The second-order valence-corrected chi connectivity index (χ2v) is 12.3. The molecule has 6 nitrogen and oxygen atoms in total. The molecule has 0 heterocycles. The van der Waals surface area contributed by atoms with E-state index >= 15 is 0 Å². The zero-order chi connectivity index (χ0) is 32.4. The summed E-state index contributed by atoms with van der Waals surface area (Å²) in [5.41, 5.74) is 15.7. The largest absolute Gasteiger partial charge is 0.457 e. The third kappa shape index (κ3) is 12.8. The van der Waals surface area contributed by atoms with Crippen molar-refractivity contribution in [1.29, 1.82) is 0 Å². The van der Waals surface area contributed by atoms with Gasteiger partial charge in [-0.15, -0.1) is 0 Å². The molecule has 0 spiro atoms. The molecule has 0 aliphatic heterocycles. The van der Waals surface area contributed by atoms with Crippen LogP contribution in [0.1, 0.15) is 76.3 Å². The van der Waals surface area contributed by atoms with Crippen LogP contribution in [0.15, 0.2) is 97.1 Å². The topological polar surface area (TPSA) is 77.0 Å². The van der Waals surface area contributed by atoms with E-state index in [2.05, 4.69) is 72.2 Å². The van der Waals surface area contributed by atoms with E-state index in [-0.39, 0.29) is 0 Å². The van der Waals surface area contributed by atoms with Crippen molar-refractivity contribution in [3.8, 4) is 23.0 Å². The zero-order valence-electron chi connectivity index (χ0n) is 28.0. The number of nitrogens with zero attached hydrogens (tertiary/aromatic N) is 2. The van der Waals surface area contributed by atoms with Crippen molar-refractivity contribution in [2.45, 2.75) is 78.3 Å². The van der Waals surface area contributed by atoms with E-state index in [0.717, 1.165) is 73.6 Å². The number of hydrogen-bond donors (Lipinski definition) is 2. The van der Waals surface area contributed by atoms with Crippen molar-refractivity contribution < 1.29 is 9.47 Å². The van der Waals surface area contributed by atoms with Crippen molar-refractivity contribution in [1.82, 2.24) is 9.80 Å². The highest BCUT2D eigenvalue weighted by Gasteiger charge is 2.09. The first-order valence-electron chi connectivity index (χ1n) is 17.2. The highest BCUT2D eigenvalue weighted by Crippen LogP contribution is 2.24. The number of unbranched alkanes of at least 4 members (excludes halogenated alkanes) is 5. The number of anilines is 2. The molecular weight excluding hydrogens is 568 g/mol. The normalized spacial score (nSPS) is 11.3. The number of benzene rings is 4. The maximum absolute atomic E-state index is 5.98. The highest BCUT2D eigenvalue weighted by atomic mass is 16.5.